The standard InChI is InChI=1S/C15H26ClNO/c1-2-3-4-5-6-7-8-9-12-17-13-14-10-11-15(16)18-14/h10-11,17H,2-9,12-13H2,1H3. The number of rotatable bonds is 11. The van der Waals surface area contributed by atoms with Crippen LogP contribution < -0.4 is 5.32 Å². The Bertz CT molecular complexity index is 298. The van der Waals surface area contributed by atoms with E-state index in [1.165, 1.54) is 51.4 Å². The zero-order valence-electron chi connectivity index (χ0n) is 11.5. The maximum absolute atomic E-state index is 5.70. The summed E-state index contributed by atoms with van der Waals surface area (Å²) in [5, 5.41) is 3.85. The molecule has 1 rings (SSSR count). The van der Waals surface area contributed by atoms with Crippen LogP contribution in [0.3, 0.4) is 0 Å². The Kier molecular flexibility index (Phi) is 9.05. The highest BCUT2D eigenvalue weighted by Crippen LogP contribution is 2.12. The zero-order chi connectivity index (χ0) is 13.1. The molecule has 1 heterocycles. The summed E-state index contributed by atoms with van der Waals surface area (Å²) < 4.78 is 5.27. The minimum absolute atomic E-state index is 0.471. The topological polar surface area (TPSA) is 25.2 Å². The van der Waals surface area contributed by atoms with Gasteiger partial charge in [-0.2, -0.15) is 0 Å². The molecule has 2 nitrogen and oxygen atoms in total. The van der Waals surface area contributed by atoms with Gasteiger partial charge in [-0.25, -0.2) is 0 Å². The molecule has 0 radical (unpaired) electrons. The van der Waals surface area contributed by atoms with Crippen molar-refractivity contribution in [1.29, 1.82) is 0 Å². The summed E-state index contributed by atoms with van der Waals surface area (Å²) in [6.07, 6.45) is 10.9. The monoisotopic (exact) mass is 271 g/mol. The molecule has 0 aliphatic heterocycles. The Morgan fingerprint density at radius 2 is 1.67 bits per heavy atom. The maximum atomic E-state index is 5.70. The molecule has 0 spiro atoms. The van der Waals surface area contributed by atoms with Crippen molar-refractivity contribution in [3.63, 3.8) is 0 Å². The van der Waals surface area contributed by atoms with Gasteiger partial charge in [0.1, 0.15) is 5.76 Å². The molecular formula is C15H26ClNO. The lowest BCUT2D eigenvalue weighted by Gasteiger charge is -2.03. The zero-order valence-corrected chi connectivity index (χ0v) is 12.3. The second kappa shape index (κ2) is 10.5. The molecule has 0 amide bonds. The van der Waals surface area contributed by atoms with E-state index in [4.69, 9.17) is 16.0 Å². The van der Waals surface area contributed by atoms with E-state index in [0.29, 0.717) is 5.22 Å². The van der Waals surface area contributed by atoms with Crippen molar-refractivity contribution in [2.75, 3.05) is 6.54 Å². The van der Waals surface area contributed by atoms with Crippen LogP contribution in [0.15, 0.2) is 16.5 Å². The molecule has 18 heavy (non-hydrogen) atoms. The van der Waals surface area contributed by atoms with Gasteiger partial charge in [0, 0.05) is 0 Å². The third-order valence-electron chi connectivity index (χ3n) is 3.14. The van der Waals surface area contributed by atoms with Gasteiger partial charge in [-0.1, -0.05) is 51.9 Å². The molecule has 1 aromatic heterocycles. The lowest BCUT2D eigenvalue weighted by Crippen LogP contribution is -2.14. The summed E-state index contributed by atoms with van der Waals surface area (Å²) >= 11 is 5.70. The lowest BCUT2D eigenvalue weighted by atomic mass is 10.1. The fraction of sp³-hybridized carbons (Fsp3) is 0.733. The summed E-state index contributed by atoms with van der Waals surface area (Å²) in [5.74, 6) is 0.916. The van der Waals surface area contributed by atoms with Gasteiger partial charge < -0.3 is 9.73 Å². The highest BCUT2D eigenvalue weighted by molar-refractivity contribution is 6.28. The predicted molar refractivity (Wildman–Crippen MR) is 78.0 cm³/mol. The van der Waals surface area contributed by atoms with Gasteiger partial charge in [0.05, 0.1) is 6.54 Å². The van der Waals surface area contributed by atoms with Crippen molar-refractivity contribution < 1.29 is 4.42 Å². The number of unbranched alkanes of at least 4 members (excludes halogenated alkanes) is 7. The van der Waals surface area contributed by atoms with Crippen LogP contribution in [0.5, 0.6) is 0 Å². The Hall–Kier alpha value is -0.470. The van der Waals surface area contributed by atoms with E-state index in [-0.39, 0.29) is 0 Å². The molecule has 3 heteroatoms. The molecule has 0 saturated heterocycles. The van der Waals surface area contributed by atoms with Crippen molar-refractivity contribution in [2.24, 2.45) is 0 Å². The minimum atomic E-state index is 0.471. The number of nitrogens with one attached hydrogen (secondary N) is 1. The normalized spacial score (nSPS) is 11.0. The van der Waals surface area contributed by atoms with Crippen molar-refractivity contribution >= 4 is 11.6 Å². The van der Waals surface area contributed by atoms with Gasteiger partial charge >= 0.3 is 0 Å². The SMILES string of the molecule is CCCCCCCCCCNCc1ccc(Cl)o1. The highest BCUT2D eigenvalue weighted by Gasteiger charge is 1.98. The molecule has 0 unspecified atom stereocenters. The van der Waals surface area contributed by atoms with Gasteiger partial charge in [0.25, 0.3) is 0 Å². The molecule has 0 aliphatic rings. The number of halogens is 1. The fourth-order valence-corrected chi connectivity index (χ4v) is 2.20. The summed E-state index contributed by atoms with van der Waals surface area (Å²) in [5.41, 5.74) is 0. The van der Waals surface area contributed by atoms with E-state index in [9.17, 15) is 0 Å². The van der Waals surface area contributed by atoms with Gasteiger partial charge in [-0.3, -0.25) is 0 Å². The van der Waals surface area contributed by atoms with Crippen LogP contribution in [0.1, 0.15) is 64.1 Å². The Balaban J connectivity index is 1.81. The summed E-state index contributed by atoms with van der Waals surface area (Å²) in [7, 11) is 0. The molecule has 0 aromatic carbocycles. The number of hydrogen-bond donors (Lipinski definition) is 1. The first-order valence-electron chi connectivity index (χ1n) is 7.28. The first kappa shape index (κ1) is 15.6. The minimum Gasteiger partial charge on any atom is -0.448 e. The van der Waals surface area contributed by atoms with Crippen molar-refractivity contribution in [2.45, 2.75) is 64.8 Å². The molecule has 1 N–H and O–H groups in total. The van der Waals surface area contributed by atoms with Gasteiger partial charge in [0.15, 0.2) is 5.22 Å². The van der Waals surface area contributed by atoms with E-state index in [1.807, 2.05) is 6.07 Å². The smallest absolute Gasteiger partial charge is 0.193 e. The largest absolute Gasteiger partial charge is 0.448 e. The fourth-order valence-electron chi connectivity index (χ4n) is 2.04. The van der Waals surface area contributed by atoms with Crippen LogP contribution in [-0.2, 0) is 6.54 Å². The molecule has 1 aromatic rings. The quantitative estimate of drug-likeness (QED) is 0.562. The van der Waals surface area contributed by atoms with Crippen LogP contribution in [-0.4, -0.2) is 6.54 Å². The van der Waals surface area contributed by atoms with Crippen LogP contribution in [0, 0.1) is 0 Å². The second-order valence-electron chi connectivity index (χ2n) is 4.86. The van der Waals surface area contributed by atoms with E-state index in [2.05, 4.69) is 12.2 Å². The van der Waals surface area contributed by atoms with Gasteiger partial charge in [0.2, 0.25) is 0 Å². The van der Waals surface area contributed by atoms with Crippen molar-refractivity contribution in [1.82, 2.24) is 5.32 Å². The average molecular weight is 272 g/mol. The third kappa shape index (κ3) is 7.78. The maximum Gasteiger partial charge on any atom is 0.193 e. The van der Waals surface area contributed by atoms with Crippen molar-refractivity contribution in [3.8, 4) is 0 Å². The van der Waals surface area contributed by atoms with Crippen LogP contribution in [0.2, 0.25) is 5.22 Å². The van der Waals surface area contributed by atoms with Gasteiger partial charge in [-0.05, 0) is 36.7 Å². The Morgan fingerprint density at radius 3 is 2.28 bits per heavy atom. The molecule has 0 saturated carbocycles. The number of furan rings is 1. The molecule has 0 atom stereocenters. The van der Waals surface area contributed by atoms with E-state index < -0.39 is 0 Å². The third-order valence-corrected chi connectivity index (χ3v) is 3.34. The van der Waals surface area contributed by atoms with Gasteiger partial charge in [-0.15, -0.1) is 0 Å². The summed E-state index contributed by atoms with van der Waals surface area (Å²) in [6, 6.07) is 3.71. The Labute approximate surface area is 116 Å². The summed E-state index contributed by atoms with van der Waals surface area (Å²) in [4.78, 5) is 0. The van der Waals surface area contributed by atoms with E-state index >= 15 is 0 Å². The molecule has 0 fully saturated rings. The molecule has 104 valence electrons. The first-order valence-corrected chi connectivity index (χ1v) is 7.65. The lowest BCUT2D eigenvalue weighted by molar-refractivity contribution is 0.477. The summed E-state index contributed by atoms with van der Waals surface area (Å²) in [6.45, 7) is 4.11. The molecular weight excluding hydrogens is 246 g/mol. The molecule has 0 aliphatic carbocycles. The van der Waals surface area contributed by atoms with Crippen LogP contribution >= 0.6 is 11.6 Å². The van der Waals surface area contributed by atoms with Crippen molar-refractivity contribution in [3.05, 3.63) is 23.1 Å². The van der Waals surface area contributed by atoms with E-state index in [1.54, 1.807) is 6.07 Å². The second-order valence-corrected chi connectivity index (χ2v) is 5.23. The first-order chi connectivity index (χ1) is 8.83. The average Bonchev–Trinajstić information content (AvgIpc) is 2.77. The van der Waals surface area contributed by atoms with Crippen LogP contribution in [0.25, 0.3) is 0 Å². The van der Waals surface area contributed by atoms with E-state index in [0.717, 1.165) is 18.8 Å². The Morgan fingerprint density at radius 1 is 1.00 bits per heavy atom. The highest BCUT2D eigenvalue weighted by atomic mass is 35.5. The number of hydrogen-bond acceptors (Lipinski definition) is 2. The predicted octanol–water partition coefficient (Wildman–Crippen LogP) is 5.16. The van der Waals surface area contributed by atoms with Crippen LogP contribution in [0.4, 0.5) is 0 Å². The molecule has 0 bridgehead atoms.